The molecule has 1 aliphatic heterocycles. The second-order valence-corrected chi connectivity index (χ2v) is 6.51. The molecule has 3 heterocycles. The summed E-state index contributed by atoms with van der Waals surface area (Å²) in [5, 5.41) is 13.7. The Morgan fingerprint density at radius 3 is 3.04 bits per heavy atom. The largest absolute Gasteiger partial charge is 0.368 e. The average molecular weight is 348 g/mol. The minimum Gasteiger partial charge on any atom is -0.368 e. The van der Waals surface area contributed by atoms with E-state index < -0.39 is 0 Å². The van der Waals surface area contributed by atoms with Gasteiger partial charge in [0.05, 0.1) is 6.61 Å². The summed E-state index contributed by atoms with van der Waals surface area (Å²) in [5.41, 5.74) is 0. The number of nitrogens with one attached hydrogen (secondary N) is 2. The molecule has 0 bridgehead atoms. The number of amides is 1. The van der Waals surface area contributed by atoms with Crippen LogP contribution in [0.2, 0.25) is 0 Å². The molecule has 2 aromatic heterocycles. The molecule has 9 nitrogen and oxygen atoms in total. The molecule has 0 radical (unpaired) electrons. The van der Waals surface area contributed by atoms with Gasteiger partial charge in [-0.25, -0.2) is 4.98 Å². The molecular weight excluding hydrogens is 324 g/mol. The molecule has 2 N–H and O–H groups in total. The summed E-state index contributed by atoms with van der Waals surface area (Å²) in [6.45, 7) is 8.61. The molecule has 0 aromatic carbocycles. The number of rotatable bonds is 6. The first-order valence-corrected chi connectivity index (χ1v) is 8.50. The molecule has 1 amide bonds. The number of hydrogen-bond acceptors (Lipinski definition) is 7. The lowest BCUT2D eigenvalue weighted by Gasteiger charge is -2.31. The normalized spacial score (nSPS) is 18.6. The third-order valence-electron chi connectivity index (χ3n) is 4.04. The number of H-pyrrole nitrogens is 1. The van der Waals surface area contributed by atoms with Crippen LogP contribution in [0.4, 0.5) is 5.82 Å². The summed E-state index contributed by atoms with van der Waals surface area (Å²) in [6.07, 6.45) is 0.238. The van der Waals surface area contributed by atoms with E-state index in [0.29, 0.717) is 37.7 Å². The number of carbonyl (C=O) groups excluding carboxylic acids is 1. The van der Waals surface area contributed by atoms with Crippen molar-refractivity contribution in [1.29, 1.82) is 0 Å². The lowest BCUT2D eigenvalue weighted by Crippen LogP contribution is -2.40. The van der Waals surface area contributed by atoms with Gasteiger partial charge in [-0.3, -0.25) is 14.8 Å². The third-order valence-corrected chi connectivity index (χ3v) is 4.04. The van der Waals surface area contributed by atoms with Gasteiger partial charge in [0, 0.05) is 38.0 Å². The maximum Gasteiger partial charge on any atom is 0.226 e. The van der Waals surface area contributed by atoms with Crippen molar-refractivity contribution in [2.24, 2.45) is 0 Å². The number of ether oxygens (including phenoxy) is 1. The monoisotopic (exact) mass is 348 g/mol. The van der Waals surface area contributed by atoms with Gasteiger partial charge < -0.3 is 14.6 Å². The van der Waals surface area contributed by atoms with E-state index in [-0.39, 0.29) is 17.9 Å². The van der Waals surface area contributed by atoms with E-state index in [1.54, 1.807) is 13.0 Å². The molecule has 2 aromatic rings. The van der Waals surface area contributed by atoms with Crippen molar-refractivity contribution in [2.75, 3.05) is 31.6 Å². The van der Waals surface area contributed by atoms with Crippen LogP contribution in [0.1, 0.15) is 49.7 Å². The minimum atomic E-state index is -0.144. The average Bonchev–Trinajstić information content (AvgIpc) is 3.23. The SMILES string of the molecule is Cc1cc(NC(=O)CCN2CCO[C@@H](c3nc(C(C)C)n[nH]3)C2)no1. The molecule has 1 fully saturated rings. The predicted octanol–water partition coefficient (Wildman–Crippen LogP) is 1.63. The Kier molecular flexibility index (Phi) is 5.44. The van der Waals surface area contributed by atoms with Gasteiger partial charge in [-0.2, -0.15) is 5.10 Å². The molecule has 0 aliphatic carbocycles. The molecule has 0 spiro atoms. The highest BCUT2D eigenvalue weighted by atomic mass is 16.5. The highest BCUT2D eigenvalue weighted by Crippen LogP contribution is 2.20. The maximum atomic E-state index is 12.0. The summed E-state index contributed by atoms with van der Waals surface area (Å²) in [4.78, 5) is 18.7. The van der Waals surface area contributed by atoms with E-state index in [0.717, 1.165) is 18.2 Å². The lowest BCUT2D eigenvalue weighted by molar-refractivity contribution is -0.117. The lowest BCUT2D eigenvalue weighted by atomic mass is 10.2. The van der Waals surface area contributed by atoms with Crippen molar-refractivity contribution >= 4 is 11.7 Å². The zero-order valence-corrected chi connectivity index (χ0v) is 14.8. The zero-order valence-electron chi connectivity index (χ0n) is 14.8. The Labute approximate surface area is 146 Å². The molecule has 1 atom stereocenters. The predicted molar refractivity (Wildman–Crippen MR) is 90.1 cm³/mol. The first-order chi connectivity index (χ1) is 12.0. The fourth-order valence-electron chi connectivity index (χ4n) is 2.65. The van der Waals surface area contributed by atoms with Crippen LogP contribution in [0.3, 0.4) is 0 Å². The summed E-state index contributed by atoms with van der Waals surface area (Å²) in [7, 11) is 0. The molecular formula is C16H24N6O3. The van der Waals surface area contributed by atoms with Crippen molar-refractivity contribution in [3.63, 3.8) is 0 Å². The van der Waals surface area contributed by atoms with Crippen LogP contribution < -0.4 is 5.32 Å². The Morgan fingerprint density at radius 2 is 2.36 bits per heavy atom. The Hall–Kier alpha value is -2.26. The standard InChI is InChI=1S/C16H24N6O3/c1-10(2)15-18-16(20-19-15)12-9-22(6-7-24-12)5-4-14(23)17-13-8-11(3)25-21-13/h8,10,12H,4-7,9H2,1-3H3,(H,17,21,23)(H,18,19,20)/t12-/m1/s1. The van der Waals surface area contributed by atoms with E-state index in [1.165, 1.54) is 0 Å². The van der Waals surface area contributed by atoms with Crippen LogP contribution in [-0.2, 0) is 9.53 Å². The van der Waals surface area contributed by atoms with Crippen molar-refractivity contribution in [3.8, 4) is 0 Å². The van der Waals surface area contributed by atoms with Gasteiger partial charge in [0.15, 0.2) is 17.5 Å². The molecule has 136 valence electrons. The van der Waals surface area contributed by atoms with E-state index in [2.05, 4.69) is 44.4 Å². The van der Waals surface area contributed by atoms with Gasteiger partial charge >= 0.3 is 0 Å². The van der Waals surface area contributed by atoms with Gasteiger partial charge in [0.2, 0.25) is 5.91 Å². The van der Waals surface area contributed by atoms with Crippen LogP contribution in [0.25, 0.3) is 0 Å². The van der Waals surface area contributed by atoms with E-state index in [1.807, 2.05) is 0 Å². The van der Waals surface area contributed by atoms with E-state index in [9.17, 15) is 4.79 Å². The van der Waals surface area contributed by atoms with Crippen LogP contribution in [0.5, 0.6) is 0 Å². The number of aromatic nitrogens is 4. The summed E-state index contributed by atoms with van der Waals surface area (Å²) in [6, 6.07) is 1.69. The summed E-state index contributed by atoms with van der Waals surface area (Å²) >= 11 is 0. The van der Waals surface area contributed by atoms with Gasteiger partial charge in [0.25, 0.3) is 0 Å². The number of anilines is 1. The summed E-state index contributed by atoms with van der Waals surface area (Å²) in [5.74, 6) is 2.84. The number of nitrogens with zero attached hydrogens (tertiary/aromatic N) is 4. The topological polar surface area (TPSA) is 109 Å². The quantitative estimate of drug-likeness (QED) is 0.816. The van der Waals surface area contributed by atoms with Gasteiger partial charge in [0.1, 0.15) is 11.9 Å². The minimum absolute atomic E-state index is 0.0851. The zero-order chi connectivity index (χ0) is 17.8. The number of morpholine rings is 1. The first kappa shape index (κ1) is 17.6. The molecule has 1 saturated heterocycles. The number of carbonyl (C=O) groups is 1. The van der Waals surface area contributed by atoms with E-state index >= 15 is 0 Å². The van der Waals surface area contributed by atoms with Crippen molar-refractivity contribution < 1.29 is 14.1 Å². The highest BCUT2D eigenvalue weighted by Gasteiger charge is 2.25. The fourth-order valence-corrected chi connectivity index (χ4v) is 2.65. The van der Waals surface area contributed by atoms with Crippen LogP contribution in [-0.4, -0.2) is 57.4 Å². The third kappa shape index (κ3) is 4.64. The van der Waals surface area contributed by atoms with Crippen LogP contribution in [0, 0.1) is 6.92 Å². The van der Waals surface area contributed by atoms with Gasteiger partial charge in [-0.1, -0.05) is 19.0 Å². The van der Waals surface area contributed by atoms with Crippen molar-refractivity contribution in [1.82, 2.24) is 25.2 Å². The van der Waals surface area contributed by atoms with E-state index in [4.69, 9.17) is 9.26 Å². The molecule has 1 aliphatic rings. The molecule has 0 saturated carbocycles. The molecule has 25 heavy (non-hydrogen) atoms. The fraction of sp³-hybridized carbons (Fsp3) is 0.625. The Balaban J connectivity index is 1.48. The molecule has 3 rings (SSSR count). The van der Waals surface area contributed by atoms with Crippen LogP contribution >= 0.6 is 0 Å². The maximum absolute atomic E-state index is 12.0. The van der Waals surface area contributed by atoms with Gasteiger partial charge in [-0.05, 0) is 6.92 Å². The van der Waals surface area contributed by atoms with Gasteiger partial charge in [-0.15, -0.1) is 0 Å². The second kappa shape index (κ2) is 7.75. The van der Waals surface area contributed by atoms with Crippen molar-refractivity contribution in [3.05, 3.63) is 23.5 Å². The van der Waals surface area contributed by atoms with Crippen LogP contribution in [0.15, 0.2) is 10.6 Å². The highest BCUT2D eigenvalue weighted by molar-refractivity contribution is 5.89. The smallest absolute Gasteiger partial charge is 0.226 e. The second-order valence-electron chi connectivity index (χ2n) is 6.51. The molecule has 0 unspecified atom stereocenters. The molecule has 9 heteroatoms. The number of aromatic amines is 1. The number of hydrogen-bond donors (Lipinski definition) is 2. The Bertz CT molecular complexity index is 710. The Morgan fingerprint density at radius 1 is 1.52 bits per heavy atom. The number of aryl methyl sites for hydroxylation is 1. The summed E-state index contributed by atoms with van der Waals surface area (Å²) < 4.78 is 10.7. The first-order valence-electron chi connectivity index (χ1n) is 8.50. The van der Waals surface area contributed by atoms with Crippen molar-refractivity contribution in [2.45, 2.75) is 39.2 Å².